The average Bonchev–Trinajstić information content (AvgIpc) is 2.37. The van der Waals surface area contributed by atoms with Gasteiger partial charge >= 0.3 is 0 Å². The van der Waals surface area contributed by atoms with Gasteiger partial charge in [0, 0.05) is 12.2 Å². The van der Waals surface area contributed by atoms with Crippen LogP contribution in [-0.4, -0.2) is 17.6 Å². The molecule has 3 nitrogen and oxygen atoms in total. The Kier molecular flexibility index (Phi) is 7.49. The predicted molar refractivity (Wildman–Crippen MR) is 80.6 cm³/mol. The molecule has 3 heteroatoms. The summed E-state index contributed by atoms with van der Waals surface area (Å²) in [6.45, 7) is 9.44. The molecule has 0 saturated heterocycles. The van der Waals surface area contributed by atoms with E-state index in [2.05, 4.69) is 30.2 Å². The summed E-state index contributed by atoms with van der Waals surface area (Å²) in [5.74, 6) is 0.867. The number of nitrogens with one attached hydrogen (secondary N) is 1. The van der Waals surface area contributed by atoms with E-state index in [1.807, 2.05) is 20.0 Å². The summed E-state index contributed by atoms with van der Waals surface area (Å²) < 4.78 is 5.72. The zero-order valence-electron chi connectivity index (χ0n) is 12.8. The van der Waals surface area contributed by atoms with Gasteiger partial charge in [0.25, 0.3) is 0 Å². The van der Waals surface area contributed by atoms with E-state index in [9.17, 15) is 0 Å². The highest BCUT2D eigenvalue weighted by Gasteiger charge is 2.11. The lowest BCUT2D eigenvalue weighted by Gasteiger charge is -2.19. The van der Waals surface area contributed by atoms with Crippen molar-refractivity contribution in [3.05, 3.63) is 24.0 Å². The normalized spacial score (nSPS) is 12.7. The predicted octanol–water partition coefficient (Wildman–Crippen LogP) is 4.10. The van der Waals surface area contributed by atoms with Crippen LogP contribution in [0.5, 0.6) is 5.75 Å². The van der Waals surface area contributed by atoms with E-state index in [0.29, 0.717) is 6.04 Å². The van der Waals surface area contributed by atoms with Crippen LogP contribution in [0.3, 0.4) is 0 Å². The third-order valence-electron chi connectivity index (χ3n) is 3.06. The molecule has 1 rings (SSSR count). The minimum absolute atomic E-state index is 0.190. The second kappa shape index (κ2) is 8.92. The topological polar surface area (TPSA) is 34.2 Å². The van der Waals surface area contributed by atoms with Crippen LogP contribution in [0.15, 0.2) is 18.5 Å². The quantitative estimate of drug-likeness (QED) is 0.682. The monoisotopic (exact) mass is 264 g/mol. The minimum atomic E-state index is 0.190. The van der Waals surface area contributed by atoms with Crippen LogP contribution in [-0.2, 0) is 0 Å². The van der Waals surface area contributed by atoms with Gasteiger partial charge in [-0.1, -0.05) is 33.1 Å². The van der Waals surface area contributed by atoms with Gasteiger partial charge < -0.3 is 10.1 Å². The van der Waals surface area contributed by atoms with E-state index in [4.69, 9.17) is 4.74 Å². The number of unbranched alkanes of at least 4 members (excludes halogenated alkanes) is 2. The highest BCUT2D eigenvalue weighted by Crippen LogP contribution is 2.23. The second-order valence-electron chi connectivity index (χ2n) is 5.23. The minimum Gasteiger partial charge on any atom is -0.489 e. The van der Waals surface area contributed by atoms with Gasteiger partial charge in [-0.25, -0.2) is 0 Å². The Morgan fingerprint density at radius 2 is 2.00 bits per heavy atom. The molecule has 108 valence electrons. The first-order valence-electron chi connectivity index (χ1n) is 7.52. The molecule has 0 spiro atoms. The van der Waals surface area contributed by atoms with Gasteiger partial charge in [0.2, 0.25) is 0 Å². The van der Waals surface area contributed by atoms with Crippen LogP contribution >= 0.6 is 0 Å². The Balaban J connectivity index is 2.71. The molecule has 0 aliphatic rings. The maximum absolute atomic E-state index is 5.72. The van der Waals surface area contributed by atoms with E-state index in [1.165, 1.54) is 24.8 Å². The number of hydrogen-bond acceptors (Lipinski definition) is 3. The Morgan fingerprint density at radius 1 is 1.21 bits per heavy atom. The molecular formula is C16H28N2O. The summed E-state index contributed by atoms with van der Waals surface area (Å²) in [6.07, 6.45) is 8.89. The molecule has 1 N–H and O–H groups in total. The lowest BCUT2D eigenvalue weighted by molar-refractivity contribution is 0.241. The van der Waals surface area contributed by atoms with Crippen molar-refractivity contribution in [2.45, 2.75) is 65.5 Å². The molecular weight excluding hydrogens is 236 g/mol. The van der Waals surface area contributed by atoms with Crippen LogP contribution in [0.4, 0.5) is 0 Å². The van der Waals surface area contributed by atoms with Crippen molar-refractivity contribution in [2.24, 2.45) is 0 Å². The summed E-state index contributed by atoms with van der Waals surface area (Å²) in [5.41, 5.74) is 1.23. The molecule has 0 bridgehead atoms. The maximum atomic E-state index is 5.72. The van der Waals surface area contributed by atoms with Gasteiger partial charge in [-0.15, -0.1) is 0 Å². The van der Waals surface area contributed by atoms with E-state index >= 15 is 0 Å². The molecule has 1 aromatic rings. The van der Waals surface area contributed by atoms with Crippen molar-refractivity contribution in [2.75, 3.05) is 6.54 Å². The molecule has 1 heterocycles. The largest absolute Gasteiger partial charge is 0.489 e. The van der Waals surface area contributed by atoms with Crippen LogP contribution < -0.4 is 10.1 Å². The maximum Gasteiger partial charge on any atom is 0.138 e. The number of pyridine rings is 1. The van der Waals surface area contributed by atoms with Gasteiger partial charge in [0.15, 0.2) is 0 Å². The van der Waals surface area contributed by atoms with Crippen LogP contribution in [0.1, 0.15) is 65.0 Å². The third-order valence-corrected chi connectivity index (χ3v) is 3.06. The first-order chi connectivity index (χ1) is 9.17. The van der Waals surface area contributed by atoms with Crippen LogP contribution in [0.25, 0.3) is 0 Å². The zero-order valence-corrected chi connectivity index (χ0v) is 12.8. The summed E-state index contributed by atoms with van der Waals surface area (Å²) >= 11 is 0. The van der Waals surface area contributed by atoms with Gasteiger partial charge in [-0.3, -0.25) is 4.98 Å². The average molecular weight is 264 g/mol. The number of hydrogen-bond donors (Lipinski definition) is 1. The Labute approximate surface area is 117 Å². The zero-order chi connectivity index (χ0) is 14.1. The van der Waals surface area contributed by atoms with Crippen molar-refractivity contribution in [1.29, 1.82) is 0 Å². The Hall–Kier alpha value is -1.09. The molecule has 0 radical (unpaired) electrons. The molecule has 0 saturated carbocycles. The van der Waals surface area contributed by atoms with Gasteiger partial charge in [0.1, 0.15) is 5.75 Å². The fourth-order valence-electron chi connectivity index (χ4n) is 2.19. The molecule has 19 heavy (non-hydrogen) atoms. The second-order valence-corrected chi connectivity index (χ2v) is 5.23. The van der Waals surface area contributed by atoms with E-state index in [1.54, 1.807) is 6.20 Å². The lowest BCUT2D eigenvalue weighted by atomic mass is 10.0. The number of rotatable bonds is 9. The number of nitrogens with zero attached hydrogens (tertiary/aromatic N) is 1. The standard InChI is InChI=1S/C16H28N2O/c1-5-7-8-9-16(18-6-2)14-10-15(12-17-11-14)19-13(3)4/h10-13,16,18H,5-9H2,1-4H3. The van der Waals surface area contributed by atoms with Crippen molar-refractivity contribution in [3.63, 3.8) is 0 Å². The molecule has 0 fully saturated rings. The van der Waals surface area contributed by atoms with E-state index in [-0.39, 0.29) is 6.10 Å². The Bertz CT molecular complexity index is 352. The SMILES string of the molecule is CCCCCC(NCC)c1cncc(OC(C)C)c1. The van der Waals surface area contributed by atoms with Crippen molar-refractivity contribution in [1.82, 2.24) is 10.3 Å². The molecule has 0 amide bonds. The Morgan fingerprint density at radius 3 is 2.63 bits per heavy atom. The van der Waals surface area contributed by atoms with Gasteiger partial charge in [-0.05, 0) is 38.4 Å². The molecule has 0 aliphatic heterocycles. The van der Waals surface area contributed by atoms with Gasteiger partial charge in [0.05, 0.1) is 12.3 Å². The first-order valence-corrected chi connectivity index (χ1v) is 7.52. The fourth-order valence-corrected chi connectivity index (χ4v) is 2.19. The summed E-state index contributed by atoms with van der Waals surface area (Å²) in [7, 11) is 0. The lowest BCUT2D eigenvalue weighted by Crippen LogP contribution is -2.21. The van der Waals surface area contributed by atoms with E-state index in [0.717, 1.165) is 18.7 Å². The first kappa shape index (κ1) is 16.0. The molecule has 1 unspecified atom stereocenters. The van der Waals surface area contributed by atoms with Crippen LogP contribution in [0.2, 0.25) is 0 Å². The van der Waals surface area contributed by atoms with Crippen molar-refractivity contribution in [3.8, 4) is 5.75 Å². The van der Waals surface area contributed by atoms with Crippen molar-refractivity contribution < 1.29 is 4.74 Å². The fraction of sp³-hybridized carbons (Fsp3) is 0.688. The van der Waals surface area contributed by atoms with Crippen molar-refractivity contribution >= 4 is 0 Å². The van der Waals surface area contributed by atoms with Gasteiger partial charge in [-0.2, -0.15) is 0 Å². The molecule has 0 aliphatic carbocycles. The molecule has 1 aromatic heterocycles. The molecule has 1 atom stereocenters. The number of aromatic nitrogens is 1. The summed E-state index contributed by atoms with van der Waals surface area (Å²) in [6, 6.07) is 2.51. The van der Waals surface area contributed by atoms with E-state index < -0.39 is 0 Å². The highest BCUT2D eigenvalue weighted by molar-refractivity contribution is 5.26. The van der Waals surface area contributed by atoms with Crippen LogP contribution in [0, 0.1) is 0 Å². The number of ether oxygens (including phenoxy) is 1. The molecule has 0 aromatic carbocycles. The third kappa shape index (κ3) is 6.06. The highest BCUT2D eigenvalue weighted by atomic mass is 16.5. The smallest absolute Gasteiger partial charge is 0.138 e. The summed E-state index contributed by atoms with van der Waals surface area (Å²) in [5, 5.41) is 3.54. The summed E-state index contributed by atoms with van der Waals surface area (Å²) in [4.78, 5) is 4.30.